The quantitative estimate of drug-likeness (QED) is 0.724. The molecule has 0 aromatic heterocycles. The summed E-state index contributed by atoms with van der Waals surface area (Å²) in [5, 5.41) is 21.1. The SMILES string of the molecule is C[C@H]1C2=CC(=O)O[C@@H]2C[C@H]2[C@H]1C[C@@H](O)[C@H]1[C@@](C)(CO)CCC[C@]21C. The van der Waals surface area contributed by atoms with Crippen LogP contribution in [0.15, 0.2) is 11.6 Å². The molecule has 0 amide bonds. The van der Waals surface area contributed by atoms with Crippen molar-refractivity contribution < 1.29 is 19.7 Å². The number of fused-ring (bicyclic) bond motifs is 4. The van der Waals surface area contributed by atoms with Crippen LogP contribution in [0.25, 0.3) is 0 Å². The van der Waals surface area contributed by atoms with E-state index in [1.54, 1.807) is 6.08 Å². The summed E-state index contributed by atoms with van der Waals surface area (Å²) in [7, 11) is 0. The van der Waals surface area contributed by atoms with Crippen LogP contribution in [0.3, 0.4) is 0 Å². The van der Waals surface area contributed by atoms with Crippen molar-refractivity contribution in [3.8, 4) is 0 Å². The zero-order valence-corrected chi connectivity index (χ0v) is 15.0. The van der Waals surface area contributed by atoms with Crippen molar-refractivity contribution in [3.05, 3.63) is 11.6 Å². The first-order chi connectivity index (χ1) is 11.3. The zero-order valence-electron chi connectivity index (χ0n) is 15.0. The monoisotopic (exact) mass is 334 g/mol. The predicted octanol–water partition coefficient (Wildman–Crippen LogP) is 2.68. The Kier molecular flexibility index (Phi) is 3.67. The second-order valence-electron chi connectivity index (χ2n) is 9.32. The van der Waals surface area contributed by atoms with Crippen LogP contribution >= 0.6 is 0 Å². The van der Waals surface area contributed by atoms with Crippen molar-refractivity contribution in [2.24, 2.45) is 34.5 Å². The van der Waals surface area contributed by atoms with Crippen molar-refractivity contribution >= 4 is 5.97 Å². The molecule has 4 nitrogen and oxygen atoms in total. The second kappa shape index (κ2) is 5.31. The third kappa shape index (κ3) is 2.08. The van der Waals surface area contributed by atoms with Crippen molar-refractivity contribution in [1.29, 1.82) is 0 Å². The summed E-state index contributed by atoms with van der Waals surface area (Å²) in [6.45, 7) is 6.80. The van der Waals surface area contributed by atoms with E-state index >= 15 is 0 Å². The van der Waals surface area contributed by atoms with Crippen LogP contribution in [0, 0.1) is 34.5 Å². The Morgan fingerprint density at radius 1 is 1.29 bits per heavy atom. The van der Waals surface area contributed by atoms with E-state index in [1.165, 1.54) is 0 Å². The third-order valence-electron chi connectivity index (χ3n) is 8.10. The number of hydrogen-bond donors (Lipinski definition) is 2. The van der Waals surface area contributed by atoms with Gasteiger partial charge in [0.2, 0.25) is 0 Å². The Bertz CT molecular complexity index is 584. The lowest BCUT2D eigenvalue weighted by Gasteiger charge is -2.63. The highest BCUT2D eigenvalue weighted by molar-refractivity contribution is 5.86. The smallest absolute Gasteiger partial charge is 0.331 e. The predicted molar refractivity (Wildman–Crippen MR) is 90.0 cm³/mol. The molecule has 134 valence electrons. The molecular weight excluding hydrogens is 304 g/mol. The minimum atomic E-state index is -0.369. The molecule has 0 spiro atoms. The highest BCUT2D eigenvalue weighted by Crippen LogP contribution is 2.65. The van der Waals surface area contributed by atoms with Gasteiger partial charge in [-0.15, -0.1) is 0 Å². The lowest BCUT2D eigenvalue weighted by Crippen LogP contribution is -2.61. The molecule has 3 aliphatic carbocycles. The Labute approximate surface area is 144 Å². The topological polar surface area (TPSA) is 66.8 Å². The Morgan fingerprint density at radius 2 is 2.04 bits per heavy atom. The maximum absolute atomic E-state index is 11.8. The molecule has 4 heteroatoms. The number of aliphatic hydroxyl groups excluding tert-OH is 2. The van der Waals surface area contributed by atoms with E-state index < -0.39 is 0 Å². The second-order valence-corrected chi connectivity index (χ2v) is 9.32. The van der Waals surface area contributed by atoms with Crippen molar-refractivity contribution in [3.63, 3.8) is 0 Å². The normalized spacial score (nSPS) is 53.5. The number of ether oxygens (including phenoxy) is 1. The van der Waals surface area contributed by atoms with Gasteiger partial charge in [0.25, 0.3) is 0 Å². The van der Waals surface area contributed by atoms with E-state index in [2.05, 4.69) is 20.8 Å². The van der Waals surface area contributed by atoms with E-state index in [0.717, 1.165) is 37.7 Å². The molecule has 4 rings (SSSR count). The maximum atomic E-state index is 11.8. The highest BCUT2D eigenvalue weighted by Gasteiger charge is 2.62. The van der Waals surface area contributed by atoms with Crippen molar-refractivity contribution in [2.75, 3.05) is 6.61 Å². The Morgan fingerprint density at radius 3 is 2.75 bits per heavy atom. The fourth-order valence-corrected chi connectivity index (χ4v) is 7.10. The summed E-state index contributed by atoms with van der Waals surface area (Å²) >= 11 is 0. The maximum Gasteiger partial charge on any atom is 0.331 e. The van der Waals surface area contributed by atoms with Gasteiger partial charge in [-0.05, 0) is 65.8 Å². The molecule has 24 heavy (non-hydrogen) atoms. The molecule has 2 N–H and O–H groups in total. The summed E-state index contributed by atoms with van der Waals surface area (Å²) in [5.41, 5.74) is 0.937. The molecule has 1 heterocycles. The molecule has 0 unspecified atom stereocenters. The standard InChI is InChI=1S/C20H30O4/c1-11-12-7-15(22)18-19(2,10-21)5-4-6-20(18,3)14(12)9-16-13(11)8-17(23)24-16/h8,11-12,14-16,18,21-22H,4-7,9-10H2,1-3H3/t11-,12+,14+,15-,16-,18+,19-,20-/m1/s1. The minimum absolute atomic E-state index is 0.00680. The van der Waals surface area contributed by atoms with Gasteiger partial charge in [-0.1, -0.05) is 27.2 Å². The van der Waals surface area contributed by atoms with Crippen molar-refractivity contribution in [1.82, 2.24) is 0 Å². The average molecular weight is 334 g/mol. The molecule has 0 bridgehead atoms. The molecule has 0 aromatic rings. The molecule has 1 aliphatic heterocycles. The Balaban J connectivity index is 1.74. The molecule has 8 atom stereocenters. The van der Waals surface area contributed by atoms with Crippen LogP contribution in [0.2, 0.25) is 0 Å². The van der Waals surface area contributed by atoms with Crippen LogP contribution in [-0.4, -0.2) is 35.0 Å². The van der Waals surface area contributed by atoms with Gasteiger partial charge in [-0.2, -0.15) is 0 Å². The van der Waals surface area contributed by atoms with Gasteiger partial charge >= 0.3 is 5.97 Å². The van der Waals surface area contributed by atoms with E-state index in [0.29, 0.717) is 11.8 Å². The molecule has 0 aromatic carbocycles. The van der Waals surface area contributed by atoms with E-state index in [1.807, 2.05) is 0 Å². The summed E-state index contributed by atoms with van der Waals surface area (Å²) in [6.07, 6.45) is 6.09. The number of esters is 1. The van der Waals surface area contributed by atoms with Crippen LogP contribution in [-0.2, 0) is 9.53 Å². The van der Waals surface area contributed by atoms with Crippen LogP contribution in [0.4, 0.5) is 0 Å². The first-order valence-corrected chi connectivity index (χ1v) is 9.51. The van der Waals surface area contributed by atoms with Gasteiger partial charge in [0.1, 0.15) is 6.10 Å². The summed E-state index contributed by atoms with van der Waals surface area (Å²) in [6, 6.07) is 0. The number of carbonyl (C=O) groups excluding carboxylic acids is 1. The molecule has 4 aliphatic rings. The summed E-state index contributed by atoms with van der Waals surface area (Å²) in [4.78, 5) is 11.8. The summed E-state index contributed by atoms with van der Waals surface area (Å²) in [5.74, 6) is 1.06. The number of rotatable bonds is 1. The molecule has 0 saturated heterocycles. The van der Waals surface area contributed by atoms with E-state index in [4.69, 9.17) is 4.74 Å². The van der Waals surface area contributed by atoms with Crippen LogP contribution in [0.5, 0.6) is 0 Å². The fourth-order valence-electron chi connectivity index (χ4n) is 7.10. The number of aliphatic hydroxyl groups is 2. The zero-order chi connectivity index (χ0) is 17.3. The van der Waals surface area contributed by atoms with Crippen LogP contribution < -0.4 is 0 Å². The van der Waals surface area contributed by atoms with Gasteiger partial charge < -0.3 is 14.9 Å². The molecular formula is C20H30O4. The molecule has 0 radical (unpaired) electrons. The molecule has 3 fully saturated rings. The van der Waals surface area contributed by atoms with Gasteiger partial charge in [0.15, 0.2) is 0 Å². The number of carbonyl (C=O) groups is 1. The minimum Gasteiger partial charge on any atom is -0.455 e. The first kappa shape index (κ1) is 16.6. The van der Waals surface area contributed by atoms with Crippen molar-refractivity contribution in [2.45, 2.75) is 65.1 Å². The summed E-state index contributed by atoms with van der Waals surface area (Å²) < 4.78 is 5.57. The van der Waals surface area contributed by atoms with Gasteiger partial charge in [0, 0.05) is 12.7 Å². The van der Waals surface area contributed by atoms with Gasteiger partial charge in [0.05, 0.1) is 6.10 Å². The van der Waals surface area contributed by atoms with Gasteiger partial charge in [-0.3, -0.25) is 0 Å². The highest BCUT2D eigenvalue weighted by atomic mass is 16.5. The van der Waals surface area contributed by atoms with E-state index in [-0.39, 0.29) is 47.4 Å². The molecule has 3 saturated carbocycles. The van der Waals surface area contributed by atoms with Gasteiger partial charge in [-0.25, -0.2) is 4.79 Å². The number of hydrogen-bond acceptors (Lipinski definition) is 4. The van der Waals surface area contributed by atoms with E-state index in [9.17, 15) is 15.0 Å². The average Bonchev–Trinajstić information content (AvgIpc) is 2.90. The lowest BCUT2D eigenvalue weighted by atomic mass is 9.42. The fraction of sp³-hybridized carbons (Fsp3) is 0.850. The largest absolute Gasteiger partial charge is 0.455 e. The van der Waals surface area contributed by atoms with Crippen LogP contribution in [0.1, 0.15) is 52.9 Å². The first-order valence-electron chi connectivity index (χ1n) is 9.51. The Hall–Kier alpha value is -0.870. The third-order valence-corrected chi connectivity index (χ3v) is 8.10. The lowest BCUT2D eigenvalue weighted by molar-refractivity contribution is -0.193.